The van der Waals surface area contributed by atoms with Crippen molar-refractivity contribution in [3.05, 3.63) is 24.3 Å². The van der Waals surface area contributed by atoms with Crippen LogP contribution < -0.4 is 15.0 Å². The number of nitrogens with one attached hydrogen (secondary N) is 1. The summed E-state index contributed by atoms with van der Waals surface area (Å²) in [5.41, 5.74) is 1.12. The van der Waals surface area contributed by atoms with E-state index in [0.717, 1.165) is 24.5 Å². The van der Waals surface area contributed by atoms with Gasteiger partial charge in [0, 0.05) is 31.9 Å². The van der Waals surface area contributed by atoms with Gasteiger partial charge in [-0.25, -0.2) is 4.79 Å². The second-order valence-corrected chi connectivity index (χ2v) is 7.06. The number of amides is 2. The summed E-state index contributed by atoms with van der Waals surface area (Å²) in [6.07, 6.45) is 0.0227. The first-order chi connectivity index (χ1) is 12.9. The SMILES string of the molecule is CCOc1ccc(N2CCN(C(=O)C(CC(C)C)NC(=O)OC)CC2)cc1. The third-order valence-electron chi connectivity index (χ3n) is 4.59. The molecular weight excluding hydrogens is 346 g/mol. The molecule has 7 nitrogen and oxygen atoms in total. The molecule has 1 N–H and O–H groups in total. The summed E-state index contributed by atoms with van der Waals surface area (Å²) in [6, 6.07) is 7.48. The number of anilines is 1. The van der Waals surface area contributed by atoms with Crippen molar-refractivity contribution in [1.82, 2.24) is 10.2 Å². The number of alkyl carbamates (subject to hydrolysis) is 1. The van der Waals surface area contributed by atoms with E-state index in [1.807, 2.05) is 49.9 Å². The minimum atomic E-state index is -0.568. The summed E-state index contributed by atoms with van der Waals surface area (Å²) >= 11 is 0. The lowest BCUT2D eigenvalue weighted by atomic mass is 10.0. The average molecular weight is 377 g/mol. The van der Waals surface area contributed by atoms with Crippen LogP contribution in [0.25, 0.3) is 0 Å². The molecule has 0 aliphatic carbocycles. The number of benzene rings is 1. The summed E-state index contributed by atoms with van der Waals surface area (Å²) in [6.45, 7) is 9.45. The van der Waals surface area contributed by atoms with Gasteiger partial charge in [-0.1, -0.05) is 13.8 Å². The van der Waals surface area contributed by atoms with E-state index in [-0.39, 0.29) is 5.91 Å². The predicted octanol–water partition coefficient (Wildman–Crippen LogP) is 2.50. The maximum atomic E-state index is 12.9. The molecule has 7 heteroatoms. The molecule has 1 aromatic rings. The number of ether oxygens (including phenoxy) is 2. The molecular formula is C20H31N3O4. The molecule has 0 spiro atoms. The highest BCUT2D eigenvalue weighted by Crippen LogP contribution is 2.21. The van der Waals surface area contributed by atoms with Crippen molar-refractivity contribution >= 4 is 17.7 Å². The molecule has 0 aromatic heterocycles. The Labute approximate surface area is 161 Å². The van der Waals surface area contributed by atoms with Crippen molar-refractivity contribution in [2.75, 3.05) is 44.8 Å². The Balaban J connectivity index is 1.93. The van der Waals surface area contributed by atoms with E-state index in [1.54, 1.807) is 0 Å². The van der Waals surface area contributed by atoms with Crippen LogP contribution in [0.1, 0.15) is 27.2 Å². The highest BCUT2D eigenvalue weighted by atomic mass is 16.5. The van der Waals surface area contributed by atoms with Gasteiger partial charge < -0.3 is 24.6 Å². The molecule has 1 aliphatic heterocycles. The third-order valence-corrected chi connectivity index (χ3v) is 4.59. The molecule has 2 rings (SSSR count). The lowest BCUT2D eigenvalue weighted by Gasteiger charge is -2.37. The Bertz CT molecular complexity index is 610. The third kappa shape index (κ3) is 6.05. The van der Waals surface area contributed by atoms with Crippen LogP contribution in [0.2, 0.25) is 0 Å². The number of nitrogens with zero attached hydrogens (tertiary/aromatic N) is 2. The van der Waals surface area contributed by atoms with Gasteiger partial charge in [-0.3, -0.25) is 4.79 Å². The van der Waals surface area contributed by atoms with Crippen molar-refractivity contribution in [3.8, 4) is 5.75 Å². The Kier molecular flexibility index (Phi) is 7.76. The van der Waals surface area contributed by atoms with Crippen LogP contribution in [-0.4, -0.2) is 62.8 Å². The van der Waals surface area contributed by atoms with Crippen LogP contribution >= 0.6 is 0 Å². The van der Waals surface area contributed by atoms with Crippen molar-refractivity contribution in [3.63, 3.8) is 0 Å². The van der Waals surface area contributed by atoms with E-state index in [0.29, 0.717) is 32.0 Å². The fraction of sp³-hybridized carbons (Fsp3) is 0.600. The van der Waals surface area contributed by atoms with Crippen LogP contribution in [0.15, 0.2) is 24.3 Å². The van der Waals surface area contributed by atoms with Gasteiger partial charge in [0.15, 0.2) is 0 Å². The molecule has 1 fully saturated rings. The quantitative estimate of drug-likeness (QED) is 0.791. The molecule has 0 radical (unpaired) electrons. The van der Waals surface area contributed by atoms with Gasteiger partial charge in [0.05, 0.1) is 13.7 Å². The normalized spacial score (nSPS) is 15.4. The number of hydrogen-bond donors (Lipinski definition) is 1. The zero-order valence-electron chi connectivity index (χ0n) is 16.7. The Morgan fingerprint density at radius 1 is 1.11 bits per heavy atom. The maximum Gasteiger partial charge on any atom is 0.407 e. The second-order valence-electron chi connectivity index (χ2n) is 7.06. The molecule has 0 bridgehead atoms. The summed E-state index contributed by atoms with van der Waals surface area (Å²) in [4.78, 5) is 28.5. The van der Waals surface area contributed by atoms with E-state index < -0.39 is 12.1 Å². The molecule has 0 saturated carbocycles. The molecule has 2 amide bonds. The van der Waals surface area contributed by atoms with E-state index in [2.05, 4.69) is 15.0 Å². The zero-order chi connectivity index (χ0) is 19.8. The molecule has 1 heterocycles. The standard InChI is InChI=1S/C20H31N3O4/c1-5-27-17-8-6-16(7-9-17)22-10-12-23(13-11-22)19(24)18(14-15(2)3)21-20(25)26-4/h6-9,15,18H,5,10-14H2,1-4H3,(H,21,25). The van der Waals surface area contributed by atoms with Gasteiger partial charge in [-0.05, 0) is 43.5 Å². The molecule has 1 aromatic carbocycles. The van der Waals surface area contributed by atoms with Crippen molar-refractivity contribution in [1.29, 1.82) is 0 Å². The summed E-state index contributed by atoms with van der Waals surface area (Å²) in [5, 5.41) is 2.68. The fourth-order valence-corrected chi connectivity index (χ4v) is 3.22. The predicted molar refractivity (Wildman–Crippen MR) is 105 cm³/mol. The smallest absolute Gasteiger partial charge is 0.407 e. The number of piperazine rings is 1. The van der Waals surface area contributed by atoms with Crippen molar-refractivity contribution < 1.29 is 19.1 Å². The Morgan fingerprint density at radius 2 is 1.74 bits per heavy atom. The molecule has 27 heavy (non-hydrogen) atoms. The second kappa shape index (κ2) is 10.0. The minimum Gasteiger partial charge on any atom is -0.494 e. The lowest BCUT2D eigenvalue weighted by molar-refractivity contribution is -0.134. The Morgan fingerprint density at radius 3 is 2.26 bits per heavy atom. The molecule has 1 atom stereocenters. The highest BCUT2D eigenvalue weighted by Gasteiger charge is 2.29. The number of rotatable bonds is 7. The van der Waals surface area contributed by atoms with Crippen LogP contribution in [-0.2, 0) is 9.53 Å². The number of methoxy groups -OCH3 is 1. The van der Waals surface area contributed by atoms with Crippen molar-refractivity contribution in [2.45, 2.75) is 33.2 Å². The first-order valence-electron chi connectivity index (χ1n) is 9.55. The van der Waals surface area contributed by atoms with E-state index in [9.17, 15) is 9.59 Å². The lowest BCUT2D eigenvalue weighted by Crippen LogP contribution is -2.55. The number of carbonyl (C=O) groups is 2. The number of hydrogen-bond acceptors (Lipinski definition) is 5. The monoisotopic (exact) mass is 377 g/mol. The fourth-order valence-electron chi connectivity index (χ4n) is 3.22. The first-order valence-corrected chi connectivity index (χ1v) is 9.55. The topological polar surface area (TPSA) is 71.1 Å². The highest BCUT2D eigenvalue weighted by molar-refractivity contribution is 5.85. The average Bonchev–Trinajstić information content (AvgIpc) is 2.67. The zero-order valence-corrected chi connectivity index (χ0v) is 16.7. The van der Waals surface area contributed by atoms with Crippen molar-refractivity contribution in [2.24, 2.45) is 5.92 Å². The van der Waals surface area contributed by atoms with Gasteiger partial charge in [0.25, 0.3) is 0 Å². The molecule has 150 valence electrons. The van der Waals surface area contributed by atoms with Crippen LogP contribution in [0.5, 0.6) is 5.75 Å². The van der Waals surface area contributed by atoms with Crippen LogP contribution in [0.4, 0.5) is 10.5 Å². The van der Waals surface area contributed by atoms with Gasteiger partial charge in [0.1, 0.15) is 11.8 Å². The maximum absolute atomic E-state index is 12.9. The molecule has 1 saturated heterocycles. The van der Waals surface area contributed by atoms with E-state index in [1.165, 1.54) is 7.11 Å². The summed E-state index contributed by atoms with van der Waals surface area (Å²) < 4.78 is 10.1. The van der Waals surface area contributed by atoms with E-state index in [4.69, 9.17) is 4.74 Å². The van der Waals surface area contributed by atoms with Crippen LogP contribution in [0, 0.1) is 5.92 Å². The Hall–Kier alpha value is -2.44. The minimum absolute atomic E-state index is 0.0413. The molecule has 1 unspecified atom stereocenters. The summed E-state index contributed by atoms with van der Waals surface area (Å²) in [5.74, 6) is 1.11. The largest absolute Gasteiger partial charge is 0.494 e. The van der Waals surface area contributed by atoms with Gasteiger partial charge in [0.2, 0.25) is 5.91 Å². The first kappa shape index (κ1) is 20.9. The van der Waals surface area contributed by atoms with Gasteiger partial charge in [-0.2, -0.15) is 0 Å². The number of carbonyl (C=O) groups excluding carboxylic acids is 2. The van der Waals surface area contributed by atoms with E-state index >= 15 is 0 Å². The van der Waals surface area contributed by atoms with Gasteiger partial charge in [-0.15, -0.1) is 0 Å². The molecule has 1 aliphatic rings. The summed E-state index contributed by atoms with van der Waals surface area (Å²) in [7, 11) is 1.31. The van der Waals surface area contributed by atoms with Crippen LogP contribution in [0.3, 0.4) is 0 Å². The van der Waals surface area contributed by atoms with Gasteiger partial charge >= 0.3 is 6.09 Å².